The van der Waals surface area contributed by atoms with E-state index in [9.17, 15) is 9.18 Å². The molecule has 21 heavy (non-hydrogen) atoms. The molecule has 0 saturated carbocycles. The summed E-state index contributed by atoms with van der Waals surface area (Å²) in [5.74, 6) is -0.306. The predicted molar refractivity (Wildman–Crippen MR) is 77.0 cm³/mol. The summed E-state index contributed by atoms with van der Waals surface area (Å²) in [7, 11) is 1.65. The van der Waals surface area contributed by atoms with Crippen LogP contribution in [0.2, 0.25) is 0 Å². The Morgan fingerprint density at radius 1 is 1.24 bits per heavy atom. The number of pyridine rings is 1. The molecule has 2 N–H and O–H groups in total. The van der Waals surface area contributed by atoms with Gasteiger partial charge in [-0.3, -0.25) is 4.79 Å². The van der Waals surface area contributed by atoms with Gasteiger partial charge in [-0.1, -0.05) is 17.3 Å². The van der Waals surface area contributed by atoms with Gasteiger partial charge in [-0.25, -0.2) is 4.39 Å². The van der Waals surface area contributed by atoms with E-state index in [1.165, 1.54) is 22.8 Å². The molecule has 0 atom stereocenters. The Morgan fingerprint density at radius 3 is 2.76 bits per heavy atom. The molecule has 0 aliphatic carbocycles. The smallest absolute Gasteiger partial charge is 0.250 e. The molecule has 1 aromatic carbocycles. The molecule has 0 unspecified atom stereocenters. The lowest BCUT2D eigenvalue weighted by atomic mass is 10.0. The van der Waals surface area contributed by atoms with Gasteiger partial charge in [-0.15, -0.1) is 0 Å². The number of nitrogens with two attached hydrogens (primary N) is 1. The summed E-state index contributed by atoms with van der Waals surface area (Å²) >= 11 is 0. The van der Waals surface area contributed by atoms with Gasteiger partial charge in [0.05, 0.1) is 5.56 Å². The van der Waals surface area contributed by atoms with Crippen LogP contribution in [0, 0.1) is 5.82 Å². The number of hydrogen-bond acceptors (Lipinski definition) is 4. The van der Waals surface area contributed by atoms with Crippen molar-refractivity contribution >= 4 is 5.88 Å². The third-order valence-corrected chi connectivity index (χ3v) is 3.21. The molecule has 0 fully saturated rings. The summed E-state index contributed by atoms with van der Waals surface area (Å²) in [5.41, 5.74) is 7.61. The Kier molecular flexibility index (Phi) is 3.06. The molecule has 0 radical (unpaired) electrons. The van der Waals surface area contributed by atoms with Crippen LogP contribution in [0.15, 0.2) is 51.9 Å². The summed E-state index contributed by atoms with van der Waals surface area (Å²) in [4.78, 5) is 11.7. The van der Waals surface area contributed by atoms with Crippen LogP contribution in [0.25, 0.3) is 22.4 Å². The van der Waals surface area contributed by atoms with E-state index in [-0.39, 0.29) is 17.3 Å². The van der Waals surface area contributed by atoms with E-state index in [0.717, 1.165) is 0 Å². The van der Waals surface area contributed by atoms with Gasteiger partial charge in [0.1, 0.15) is 11.5 Å². The Morgan fingerprint density at radius 2 is 2.05 bits per heavy atom. The average molecular weight is 285 g/mol. The van der Waals surface area contributed by atoms with Gasteiger partial charge < -0.3 is 14.8 Å². The second kappa shape index (κ2) is 4.90. The Bertz CT molecular complexity index is 867. The van der Waals surface area contributed by atoms with Crippen LogP contribution in [0.1, 0.15) is 0 Å². The van der Waals surface area contributed by atoms with Crippen LogP contribution in [0.4, 0.5) is 10.3 Å². The highest BCUT2D eigenvalue weighted by molar-refractivity contribution is 5.86. The first-order chi connectivity index (χ1) is 10.1. The highest BCUT2D eigenvalue weighted by Gasteiger charge is 2.18. The number of rotatable bonds is 2. The van der Waals surface area contributed by atoms with E-state index >= 15 is 0 Å². The first-order valence-corrected chi connectivity index (χ1v) is 6.24. The van der Waals surface area contributed by atoms with E-state index in [0.29, 0.717) is 22.4 Å². The molecular weight excluding hydrogens is 273 g/mol. The van der Waals surface area contributed by atoms with Gasteiger partial charge in [0.15, 0.2) is 0 Å². The molecule has 2 aromatic heterocycles. The minimum absolute atomic E-state index is 0.0799. The Labute approximate surface area is 119 Å². The number of nitrogens with zero attached hydrogens (tertiary/aromatic N) is 2. The van der Waals surface area contributed by atoms with Crippen LogP contribution in [-0.4, -0.2) is 9.72 Å². The summed E-state index contributed by atoms with van der Waals surface area (Å²) in [6.45, 7) is 0. The van der Waals surface area contributed by atoms with Crippen LogP contribution in [0.3, 0.4) is 0 Å². The van der Waals surface area contributed by atoms with E-state index < -0.39 is 0 Å². The number of hydrogen-bond donors (Lipinski definition) is 1. The molecule has 3 rings (SSSR count). The third-order valence-electron chi connectivity index (χ3n) is 3.21. The molecule has 0 bridgehead atoms. The van der Waals surface area contributed by atoms with Crippen molar-refractivity contribution in [3.8, 4) is 22.4 Å². The monoisotopic (exact) mass is 285 g/mol. The van der Waals surface area contributed by atoms with Gasteiger partial charge in [0.2, 0.25) is 5.88 Å². The molecule has 0 aliphatic heterocycles. The molecule has 0 saturated heterocycles. The van der Waals surface area contributed by atoms with Gasteiger partial charge in [-0.2, -0.15) is 0 Å². The molecule has 2 heterocycles. The van der Waals surface area contributed by atoms with Crippen LogP contribution < -0.4 is 11.3 Å². The van der Waals surface area contributed by atoms with E-state index in [1.54, 1.807) is 31.4 Å². The average Bonchev–Trinajstić information content (AvgIpc) is 2.84. The standard InChI is InChI=1S/C15H12FN3O2/c1-19-6-5-10(8-12(19)20)14-13(15(17)21-18-14)9-3-2-4-11(16)7-9/h2-8H,17H2,1H3. The highest BCUT2D eigenvalue weighted by Crippen LogP contribution is 2.35. The second-order valence-corrected chi connectivity index (χ2v) is 4.65. The largest absolute Gasteiger partial charge is 0.367 e. The van der Waals surface area contributed by atoms with Crippen molar-refractivity contribution in [3.63, 3.8) is 0 Å². The van der Waals surface area contributed by atoms with Crippen molar-refractivity contribution in [2.45, 2.75) is 0 Å². The topological polar surface area (TPSA) is 74.1 Å². The fourth-order valence-corrected chi connectivity index (χ4v) is 2.12. The summed E-state index contributed by atoms with van der Waals surface area (Å²) in [6, 6.07) is 9.11. The zero-order chi connectivity index (χ0) is 15.0. The van der Waals surface area contributed by atoms with Crippen molar-refractivity contribution in [2.24, 2.45) is 7.05 Å². The molecule has 0 spiro atoms. The summed E-state index contributed by atoms with van der Waals surface area (Å²) < 4.78 is 19.8. The minimum atomic E-state index is -0.386. The summed E-state index contributed by atoms with van der Waals surface area (Å²) in [5, 5.41) is 3.89. The van der Waals surface area contributed by atoms with Crippen LogP contribution >= 0.6 is 0 Å². The quantitative estimate of drug-likeness (QED) is 0.784. The maximum absolute atomic E-state index is 13.4. The van der Waals surface area contributed by atoms with E-state index in [1.807, 2.05) is 0 Å². The zero-order valence-corrected chi connectivity index (χ0v) is 11.2. The van der Waals surface area contributed by atoms with Gasteiger partial charge in [0.25, 0.3) is 5.56 Å². The lowest BCUT2D eigenvalue weighted by Crippen LogP contribution is -2.14. The number of aromatic nitrogens is 2. The third kappa shape index (κ3) is 2.31. The number of halogens is 1. The van der Waals surface area contributed by atoms with Crippen molar-refractivity contribution in [1.82, 2.24) is 9.72 Å². The molecule has 0 amide bonds. The molecule has 5 nitrogen and oxygen atoms in total. The van der Waals surface area contributed by atoms with Crippen molar-refractivity contribution in [2.75, 3.05) is 5.73 Å². The SMILES string of the molecule is Cn1ccc(-c2noc(N)c2-c2cccc(F)c2)cc1=O. The summed E-state index contributed by atoms with van der Waals surface area (Å²) in [6.07, 6.45) is 1.62. The fraction of sp³-hybridized carbons (Fsp3) is 0.0667. The Hall–Kier alpha value is -2.89. The second-order valence-electron chi connectivity index (χ2n) is 4.65. The van der Waals surface area contributed by atoms with Crippen molar-refractivity contribution in [1.29, 1.82) is 0 Å². The first-order valence-electron chi connectivity index (χ1n) is 6.24. The van der Waals surface area contributed by atoms with Gasteiger partial charge in [-0.05, 0) is 23.8 Å². The molecule has 6 heteroatoms. The number of benzene rings is 1. The fourth-order valence-electron chi connectivity index (χ4n) is 2.12. The van der Waals surface area contributed by atoms with E-state index in [4.69, 9.17) is 10.3 Å². The van der Waals surface area contributed by atoms with Crippen LogP contribution in [0.5, 0.6) is 0 Å². The molecular formula is C15H12FN3O2. The first kappa shape index (κ1) is 13.1. The van der Waals surface area contributed by atoms with Gasteiger partial charge in [0, 0.05) is 24.9 Å². The van der Waals surface area contributed by atoms with E-state index in [2.05, 4.69) is 5.16 Å². The lowest BCUT2D eigenvalue weighted by molar-refractivity contribution is 0.439. The Balaban J connectivity index is 2.21. The number of aryl methyl sites for hydroxylation is 1. The van der Waals surface area contributed by atoms with Crippen molar-refractivity contribution < 1.29 is 8.91 Å². The lowest BCUT2D eigenvalue weighted by Gasteiger charge is -2.04. The van der Waals surface area contributed by atoms with Gasteiger partial charge >= 0.3 is 0 Å². The maximum atomic E-state index is 13.4. The zero-order valence-electron chi connectivity index (χ0n) is 11.2. The molecule has 3 aromatic rings. The number of anilines is 1. The number of nitrogen functional groups attached to an aromatic ring is 1. The minimum Gasteiger partial charge on any atom is -0.367 e. The molecule has 0 aliphatic rings. The highest BCUT2D eigenvalue weighted by atomic mass is 19.1. The maximum Gasteiger partial charge on any atom is 0.250 e. The van der Waals surface area contributed by atoms with Crippen molar-refractivity contribution in [3.05, 3.63) is 58.8 Å². The van der Waals surface area contributed by atoms with Crippen LogP contribution in [-0.2, 0) is 7.05 Å². The predicted octanol–water partition coefficient (Wildman–Crippen LogP) is 2.43. The molecule has 106 valence electrons. The normalized spacial score (nSPS) is 10.8.